The maximum Gasteiger partial charge on any atom is 0.115 e. The number of hydrogen-bond donors (Lipinski definition) is 2. The van der Waals surface area contributed by atoms with Crippen LogP contribution in [-0.4, -0.2) is 6.61 Å². The molecular weight excluding hydrogens is 196 g/mol. The molecule has 0 fully saturated rings. The molecule has 3 nitrogen and oxygen atoms in total. The fourth-order valence-electron chi connectivity index (χ4n) is 1.60. The SMILES string of the molecule is Cc1cc(C(NN)C2=CCCO2)cs1. The number of thiophene rings is 1. The molecule has 0 amide bonds. The van der Waals surface area contributed by atoms with Crippen molar-refractivity contribution in [2.75, 3.05) is 6.61 Å². The van der Waals surface area contributed by atoms with Gasteiger partial charge in [0, 0.05) is 11.3 Å². The molecule has 76 valence electrons. The highest BCUT2D eigenvalue weighted by Crippen LogP contribution is 2.28. The molecule has 0 saturated heterocycles. The van der Waals surface area contributed by atoms with Crippen molar-refractivity contribution in [1.29, 1.82) is 0 Å². The molecule has 4 heteroatoms. The third-order valence-electron chi connectivity index (χ3n) is 2.27. The van der Waals surface area contributed by atoms with E-state index in [0.29, 0.717) is 0 Å². The average Bonchev–Trinajstić information content (AvgIpc) is 2.79. The minimum Gasteiger partial charge on any atom is -0.496 e. The number of nitrogens with one attached hydrogen (secondary N) is 1. The van der Waals surface area contributed by atoms with Crippen molar-refractivity contribution in [3.05, 3.63) is 33.7 Å². The Hall–Kier alpha value is -0.840. The van der Waals surface area contributed by atoms with Crippen molar-refractivity contribution in [2.24, 2.45) is 5.84 Å². The van der Waals surface area contributed by atoms with E-state index >= 15 is 0 Å². The van der Waals surface area contributed by atoms with E-state index in [9.17, 15) is 0 Å². The zero-order chi connectivity index (χ0) is 9.97. The molecule has 1 atom stereocenters. The second-order valence-electron chi connectivity index (χ2n) is 3.33. The highest BCUT2D eigenvalue weighted by Gasteiger charge is 2.20. The monoisotopic (exact) mass is 210 g/mol. The van der Waals surface area contributed by atoms with Gasteiger partial charge in [0.1, 0.15) is 11.8 Å². The molecule has 0 bridgehead atoms. The topological polar surface area (TPSA) is 47.3 Å². The van der Waals surface area contributed by atoms with E-state index in [1.54, 1.807) is 11.3 Å². The van der Waals surface area contributed by atoms with E-state index in [4.69, 9.17) is 10.6 Å². The zero-order valence-electron chi connectivity index (χ0n) is 8.12. The molecule has 1 aromatic heterocycles. The summed E-state index contributed by atoms with van der Waals surface area (Å²) in [5.74, 6) is 6.48. The van der Waals surface area contributed by atoms with Gasteiger partial charge in [0.25, 0.3) is 0 Å². The molecule has 0 aliphatic carbocycles. The van der Waals surface area contributed by atoms with Crippen LogP contribution in [0.3, 0.4) is 0 Å². The Morgan fingerprint density at radius 3 is 3.00 bits per heavy atom. The molecule has 0 spiro atoms. The van der Waals surface area contributed by atoms with E-state index in [-0.39, 0.29) is 6.04 Å². The van der Waals surface area contributed by atoms with Gasteiger partial charge in [-0.15, -0.1) is 11.3 Å². The molecule has 0 aromatic carbocycles. The molecule has 1 aliphatic rings. The fraction of sp³-hybridized carbons (Fsp3) is 0.400. The molecule has 1 unspecified atom stereocenters. The molecule has 14 heavy (non-hydrogen) atoms. The third kappa shape index (κ3) is 1.82. The smallest absolute Gasteiger partial charge is 0.115 e. The number of ether oxygens (including phenoxy) is 1. The summed E-state index contributed by atoms with van der Waals surface area (Å²) in [7, 11) is 0. The van der Waals surface area contributed by atoms with Gasteiger partial charge in [0.05, 0.1) is 6.61 Å². The lowest BCUT2D eigenvalue weighted by Crippen LogP contribution is -2.29. The van der Waals surface area contributed by atoms with Crippen molar-refractivity contribution in [2.45, 2.75) is 19.4 Å². The summed E-state index contributed by atoms with van der Waals surface area (Å²) >= 11 is 1.73. The number of rotatable bonds is 3. The predicted molar refractivity (Wildman–Crippen MR) is 57.8 cm³/mol. The lowest BCUT2D eigenvalue weighted by atomic mass is 10.1. The van der Waals surface area contributed by atoms with Gasteiger partial charge in [-0.2, -0.15) is 0 Å². The van der Waals surface area contributed by atoms with Gasteiger partial charge >= 0.3 is 0 Å². The maximum atomic E-state index is 5.53. The van der Waals surface area contributed by atoms with Gasteiger partial charge < -0.3 is 4.74 Å². The van der Waals surface area contributed by atoms with Crippen LogP contribution in [0.15, 0.2) is 23.3 Å². The number of aryl methyl sites for hydroxylation is 1. The Morgan fingerprint density at radius 1 is 1.64 bits per heavy atom. The fourth-order valence-corrected chi connectivity index (χ4v) is 2.33. The largest absolute Gasteiger partial charge is 0.496 e. The summed E-state index contributed by atoms with van der Waals surface area (Å²) in [6.07, 6.45) is 3.08. The number of hydrogen-bond acceptors (Lipinski definition) is 4. The molecular formula is C10H14N2OS. The maximum absolute atomic E-state index is 5.53. The van der Waals surface area contributed by atoms with Crippen LogP contribution < -0.4 is 11.3 Å². The first-order valence-electron chi connectivity index (χ1n) is 4.65. The Labute approximate surface area is 87.5 Å². The molecule has 1 aliphatic heterocycles. The first kappa shape index (κ1) is 9.71. The van der Waals surface area contributed by atoms with Gasteiger partial charge in [-0.1, -0.05) is 0 Å². The number of hydrazine groups is 1. The molecule has 3 N–H and O–H groups in total. The van der Waals surface area contributed by atoms with E-state index in [0.717, 1.165) is 18.8 Å². The van der Waals surface area contributed by atoms with Crippen molar-refractivity contribution in [1.82, 2.24) is 5.43 Å². The minimum absolute atomic E-state index is 0.0162. The van der Waals surface area contributed by atoms with Crippen LogP contribution in [0.4, 0.5) is 0 Å². The first-order valence-corrected chi connectivity index (χ1v) is 5.53. The summed E-state index contributed by atoms with van der Waals surface area (Å²) in [4.78, 5) is 1.29. The highest BCUT2D eigenvalue weighted by atomic mass is 32.1. The Bertz CT molecular complexity index is 346. The van der Waals surface area contributed by atoms with Gasteiger partial charge in [-0.05, 0) is 30.0 Å². The Morgan fingerprint density at radius 2 is 2.50 bits per heavy atom. The summed E-state index contributed by atoms with van der Waals surface area (Å²) in [6, 6.07) is 2.15. The van der Waals surface area contributed by atoms with Gasteiger partial charge in [0.2, 0.25) is 0 Å². The van der Waals surface area contributed by atoms with Crippen LogP contribution in [0.1, 0.15) is 22.9 Å². The normalized spacial score (nSPS) is 17.7. The summed E-state index contributed by atoms with van der Waals surface area (Å²) in [5, 5.41) is 2.11. The highest BCUT2D eigenvalue weighted by molar-refractivity contribution is 7.10. The second kappa shape index (κ2) is 4.13. The Balaban J connectivity index is 2.20. The van der Waals surface area contributed by atoms with Gasteiger partial charge in [-0.3, -0.25) is 5.84 Å². The Kier molecular flexibility index (Phi) is 2.86. The predicted octanol–water partition coefficient (Wildman–Crippen LogP) is 1.87. The molecule has 2 heterocycles. The number of nitrogens with two attached hydrogens (primary N) is 1. The summed E-state index contributed by atoms with van der Waals surface area (Å²) < 4.78 is 5.49. The van der Waals surface area contributed by atoms with Crippen LogP contribution in [-0.2, 0) is 4.74 Å². The molecule has 0 radical (unpaired) electrons. The second-order valence-corrected chi connectivity index (χ2v) is 4.45. The van der Waals surface area contributed by atoms with E-state index in [1.165, 1.54) is 10.4 Å². The molecule has 2 rings (SSSR count). The minimum atomic E-state index is 0.0162. The average molecular weight is 210 g/mol. The van der Waals surface area contributed by atoms with Crippen LogP contribution in [0, 0.1) is 6.92 Å². The standard InChI is InChI=1S/C10H14N2OS/c1-7-5-8(6-14-7)10(12-11)9-3-2-4-13-9/h3,5-6,10,12H,2,4,11H2,1H3. The van der Waals surface area contributed by atoms with Crippen LogP contribution in [0.5, 0.6) is 0 Å². The summed E-state index contributed by atoms with van der Waals surface area (Å²) in [5.41, 5.74) is 3.97. The van der Waals surface area contributed by atoms with E-state index < -0.39 is 0 Å². The molecule has 1 aromatic rings. The van der Waals surface area contributed by atoms with Crippen LogP contribution in [0.2, 0.25) is 0 Å². The van der Waals surface area contributed by atoms with Crippen molar-refractivity contribution >= 4 is 11.3 Å². The van der Waals surface area contributed by atoms with Gasteiger partial charge in [0.15, 0.2) is 0 Å². The van der Waals surface area contributed by atoms with Gasteiger partial charge in [-0.25, -0.2) is 5.43 Å². The van der Waals surface area contributed by atoms with E-state index in [1.807, 2.05) is 0 Å². The van der Waals surface area contributed by atoms with Crippen LogP contribution in [0.25, 0.3) is 0 Å². The quantitative estimate of drug-likeness (QED) is 0.591. The summed E-state index contributed by atoms with van der Waals surface area (Å²) in [6.45, 7) is 2.86. The third-order valence-corrected chi connectivity index (χ3v) is 3.15. The lowest BCUT2D eigenvalue weighted by molar-refractivity contribution is 0.216. The van der Waals surface area contributed by atoms with Crippen molar-refractivity contribution < 1.29 is 4.74 Å². The van der Waals surface area contributed by atoms with Crippen LogP contribution >= 0.6 is 11.3 Å². The first-order chi connectivity index (χ1) is 6.81. The van der Waals surface area contributed by atoms with E-state index in [2.05, 4.69) is 29.9 Å². The van der Waals surface area contributed by atoms with Crippen molar-refractivity contribution in [3.63, 3.8) is 0 Å². The lowest BCUT2D eigenvalue weighted by Gasteiger charge is -2.15. The van der Waals surface area contributed by atoms with Crippen molar-refractivity contribution in [3.8, 4) is 0 Å². The molecule has 0 saturated carbocycles. The zero-order valence-corrected chi connectivity index (χ0v) is 8.93.